The minimum atomic E-state index is -0.841. The van der Waals surface area contributed by atoms with Crippen molar-refractivity contribution in [2.75, 3.05) is 6.61 Å². The quantitative estimate of drug-likeness (QED) is 0.458. The summed E-state index contributed by atoms with van der Waals surface area (Å²) in [5.41, 5.74) is 1.07. The highest BCUT2D eigenvalue weighted by Crippen LogP contribution is 2.38. The van der Waals surface area contributed by atoms with Crippen molar-refractivity contribution in [1.82, 2.24) is 0 Å². The van der Waals surface area contributed by atoms with Crippen molar-refractivity contribution in [2.45, 2.75) is 91.1 Å². The Labute approximate surface area is 170 Å². The molecule has 1 aliphatic heterocycles. The molecule has 1 N–H and O–H groups in total. The van der Waals surface area contributed by atoms with E-state index >= 15 is 0 Å². The van der Waals surface area contributed by atoms with Gasteiger partial charge in [-0.15, -0.1) is 0 Å². The monoisotopic (exact) mass is 390 g/mol. The molecule has 0 saturated carbocycles. The summed E-state index contributed by atoms with van der Waals surface area (Å²) in [7, 11) is 0. The molecule has 0 aliphatic carbocycles. The summed E-state index contributed by atoms with van der Waals surface area (Å²) in [5.74, 6) is 2.44. The second kappa shape index (κ2) is 10.7. The molecular formula is C24H38O4. The van der Waals surface area contributed by atoms with Gasteiger partial charge in [0, 0.05) is 0 Å². The largest absolute Gasteiger partial charge is 0.493 e. The van der Waals surface area contributed by atoms with E-state index in [0.717, 1.165) is 48.2 Å². The van der Waals surface area contributed by atoms with Gasteiger partial charge in [0.05, 0.1) is 13.0 Å². The fraction of sp³-hybridized carbons (Fsp3) is 0.708. The topological polar surface area (TPSA) is 55.8 Å². The second-order valence-corrected chi connectivity index (χ2v) is 9.14. The van der Waals surface area contributed by atoms with Gasteiger partial charge in [-0.25, -0.2) is 0 Å². The Balaban J connectivity index is 1.77. The summed E-state index contributed by atoms with van der Waals surface area (Å²) in [6.45, 7) is 9.41. The van der Waals surface area contributed by atoms with E-state index in [0.29, 0.717) is 0 Å². The summed E-state index contributed by atoms with van der Waals surface area (Å²) in [6.07, 6.45) is 9.61. The van der Waals surface area contributed by atoms with Crippen LogP contribution in [0.5, 0.6) is 11.5 Å². The van der Waals surface area contributed by atoms with Crippen LogP contribution in [0.25, 0.3) is 0 Å². The molecule has 0 saturated heterocycles. The molecule has 0 bridgehead atoms. The van der Waals surface area contributed by atoms with Gasteiger partial charge in [-0.1, -0.05) is 46.5 Å². The summed E-state index contributed by atoms with van der Waals surface area (Å²) in [5, 5.41) is 8.71. The Morgan fingerprint density at radius 1 is 1.21 bits per heavy atom. The number of carbonyl (C=O) groups is 1. The van der Waals surface area contributed by atoms with Crippen LogP contribution in [0.15, 0.2) is 18.2 Å². The molecule has 4 heteroatoms. The highest BCUT2D eigenvalue weighted by atomic mass is 16.5. The average molecular weight is 391 g/mol. The molecule has 0 spiro atoms. The third-order valence-electron chi connectivity index (χ3n) is 5.78. The molecule has 0 amide bonds. The maximum Gasteiger partial charge on any atom is 0.306 e. The highest BCUT2D eigenvalue weighted by molar-refractivity contribution is 5.66. The lowest BCUT2D eigenvalue weighted by Gasteiger charge is -2.36. The molecular weight excluding hydrogens is 352 g/mol. The van der Waals surface area contributed by atoms with Crippen molar-refractivity contribution < 1.29 is 19.4 Å². The predicted octanol–water partition coefficient (Wildman–Crippen LogP) is 6.26. The van der Waals surface area contributed by atoms with E-state index in [9.17, 15) is 4.79 Å². The normalized spacial score (nSPS) is 19.8. The van der Waals surface area contributed by atoms with Crippen molar-refractivity contribution in [2.24, 2.45) is 11.8 Å². The Kier molecular flexibility index (Phi) is 8.65. The van der Waals surface area contributed by atoms with E-state index < -0.39 is 5.97 Å². The number of aliphatic carboxylic acids is 1. The van der Waals surface area contributed by atoms with Crippen LogP contribution in [0.2, 0.25) is 0 Å². The van der Waals surface area contributed by atoms with Gasteiger partial charge in [-0.05, 0) is 68.2 Å². The number of carboxylic acids is 1. The minimum absolute atomic E-state index is 0.0154. The number of hydrogen-bond acceptors (Lipinski definition) is 3. The lowest BCUT2D eigenvalue weighted by atomic mass is 9.86. The van der Waals surface area contributed by atoms with E-state index in [1.54, 1.807) is 0 Å². The van der Waals surface area contributed by atoms with E-state index in [1.165, 1.54) is 32.1 Å². The first-order chi connectivity index (χ1) is 13.3. The molecule has 1 heterocycles. The first kappa shape index (κ1) is 22.6. The Morgan fingerprint density at radius 3 is 2.68 bits per heavy atom. The van der Waals surface area contributed by atoms with Crippen molar-refractivity contribution in [3.05, 3.63) is 23.8 Å². The number of hydrogen-bond donors (Lipinski definition) is 1. The first-order valence-corrected chi connectivity index (χ1v) is 10.9. The molecule has 2 rings (SSSR count). The van der Waals surface area contributed by atoms with E-state index in [1.807, 2.05) is 18.2 Å². The number of rotatable bonds is 12. The maximum absolute atomic E-state index is 10.6. The molecule has 1 aliphatic rings. The van der Waals surface area contributed by atoms with Crippen LogP contribution in [0.4, 0.5) is 0 Å². The van der Waals surface area contributed by atoms with Gasteiger partial charge in [0.25, 0.3) is 0 Å². The number of aryl methyl sites for hydroxylation is 1. The lowest BCUT2D eigenvalue weighted by molar-refractivity contribution is -0.137. The van der Waals surface area contributed by atoms with Crippen LogP contribution in [0.1, 0.15) is 84.6 Å². The van der Waals surface area contributed by atoms with Gasteiger partial charge in [-0.2, -0.15) is 0 Å². The molecule has 0 aromatic heterocycles. The zero-order chi connectivity index (χ0) is 20.6. The molecule has 4 nitrogen and oxygen atoms in total. The minimum Gasteiger partial charge on any atom is -0.493 e. The molecule has 28 heavy (non-hydrogen) atoms. The maximum atomic E-state index is 10.6. The van der Waals surface area contributed by atoms with Crippen LogP contribution >= 0.6 is 0 Å². The third-order valence-corrected chi connectivity index (χ3v) is 5.78. The van der Waals surface area contributed by atoms with Crippen molar-refractivity contribution >= 4 is 5.97 Å². The zero-order valence-corrected chi connectivity index (χ0v) is 18.1. The fourth-order valence-corrected chi connectivity index (χ4v) is 3.93. The van der Waals surface area contributed by atoms with Crippen molar-refractivity contribution in [3.8, 4) is 11.5 Å². The second-order valence-electron chi connectivity index (χ2n) is 9.14. The number of benzene rings is 1. The summed E-state index contributed by atoms with van der Waals surface area (Å²) in [6, 6.07) is 5.84. The highest BCUT2D eigenvalue weighted by Gasteiger charge is 2.31. The van der Waals surface area contributed by atoms with Crippen LogP contribution in [-0.4, -0.2) is 23.3 Å². The fourth-order valence-electron chi connectivity index (χ4n) is 3.93. The zero-order valence-electron chi connectivity index (χ0n) is 18.1. The van der Waals surface area contributed by atoms with E-state index in [2.05, 4.69) is 27.7 Å². The summed E-state index contributed by atoms with van der Waals surface area (Å²) >= 11 is 0. The molecule has 0 fully saturated rings. The summed E-state index contributed by atoms with van der Waals surface area (Å²) < 4.78 is 11.9. The standard InChI is InChI=1S/C24H38O4/c1-18(2)7-5-8-19(3)9-6-14-24(4)15-12-20-17-21(10-11-22(20)28-24)27-16-13-23(25)26/h10-11,17-19H,5-9,12-16H2,1-4H3,(H,25,26). The number of fused-ring (bicyclic) bond motifs is 1. The van der Waals surface area contributed by atoms with Gasteiger partial charge in [-0.3, -0.25) is 4.79 Å². The van der Waals surface area contributed by atoms with Gasteiger partial charge in [0.2, 0.25) is 0 Å². The Morgan fingerprint density at radius 2 is 1.96 bits per heavy atom. The van der Waals surface area contributed by atoms with Crippen LogP contribution in [0, 0.1) is 11.8 Å². The smallest absolute Gasteiger partial charge is 0.306 e. The van der Waals surface area contributed by atoms with Crippen LogP contribution in [-0.2, 0) is 11.2 Å². The number of ether oxygens (including phenoxy) is 2. The molecule has 0 radical (unpaired) electrons. The van der Waals surface area contributed by atoms with Crippen LogP contribution in [0.3, 0.4) is 0 Å². The molecule has 158 valence electrons. The average Bonchev–Trinajstić information content (AvgIpc) is 2.61. The van der Waals surface area contributed by atoms with E-state index in [-0.39, 0.29) is 18.6 Å². The Bertz CT molecular complexity index is 625. The predicted molar refractivity (Wildman–Crippen MR) is 113 cm³/mol. The molecule has 2 atom stereocenters. The van der Waals surface area contributed by atoms with Gasteiger partial charge < -0.3 is 14.6 Å². The number of carboxylic acid groups (broad SMARTS) is 1. The van der Waals surface area contributed by atoms with E-state index in [4.69, 9.17) is 14.6 Å². The molecule has 1 aromatic carbocycles. The molecule has 1 aromatic rings. The molecule has 2 unspecified atom stereocenters. The third kappa shape index (κ3) is 7.73. The van der Waals surface area contributed by atoms with Gasteiger partial charge in [0.15, 0.2) is 0 Å². The van der Waals surface area contributed by atoms with Crippen LogP contribution < -0.4 is 9.47 Å². The Hall–Kier alpha value is -1.71. The SMILES string of the molecule is CC(C)CCCC(C)CCCC1(C)CCc2cc(OCCC(=O)O)ccc2O1. The summed E-state index contributed by atoms with van der Waals surface area (Å²) in [4.78, 5) is 10.6. The van der Waals surface area contributed by atoms with Crippen molar-refractivity contribution in [1.29, 1.82) is 0 Å². The first-order valence-electron chi connectivity index (χ1n) is 10.9. The lowest BCUT2D eigenvalue weighted by Crippen LogP contribution is -2.36. The van der Waals surface area contributed by atoms with Gasteiger partial charge in [0.1, 0.15) is 17.1 Å². The van der Waals surface area contributed by atoms with Crippen molar-refractivity contribution in [3.63, 3.8) is 0 Å². The van der Waals surface area contributed by atoms with Gasteiger partial charge >= 0.3 is 5.97 Å².